The number of rotatable bonds is 5. The van der Waals surface area contributed by atoms with Crippen molar-refractivity contribution in [2.45, 2.75) is 56.5 Å². The van der Waals surface area contributed by atoms with Gasteiger partial charge in [0.1, 0.15) is 0 Å². The molecule has 0 radical (unpaired) electrons. The minimum atomic E-state index is -3.40. The SMILES string of the molecule is CNCc1ccc(C)c(S(=O)(=O)N(C)C2CCCCC2)c1. The van der Waals surface area contributed by atoms with Crippen molar-refractivity contribution in [1.29, 1.82) is 0 Å². The van der Waals surface area contributed by atoms with Crippen molar-refractivity contribution >= 4 is 10.0 Å². The first-order valence-corrected chi connectivity index (χ1v) is 9.13. The molecule has 1 fully saturated rings. The molecule has 1 aromatic carbocycles. The Bertz CT molecular complexity index is 578. The fourth-order valence-electron chi connectivity index (χ4n) is 3.03. The minimum absolute atomic E-state index is 0.149. The molecule has 0 bridgehead atoms. The Morgan fingerprint density at radius 1 is 1.24 bits per heavy atom. The van der Waals surface area contributed by atoms with Gasteiger partial charge in [0.2, 0.25) is 10.0 Å². The lowest BCUT2D eigenvalue weighted by Crippen LogP contribution is -2.38. The second-order valence-electron chi connectivity index (χ2n) is 5.94. The summed E-state index contributed by atoms with van der Waals surface area (Å²) in [6.07, 6.45) is 5.43. The van der Waals surface area contributed by atoms with Gasteiger partial charge in [0.05, 0.1) is 4.90 Å². The van der Waals surface area contributed by atoms with Gasteiger partial charge in [0.15, 0.2) is 0 Å². The zero-order valence-electron chi connectivity index (χ0n) is 13.2. The standard InChI is InChI=1S/C16H26N2O2S/c1-13-9-10-14(12-17-2)11-16(13)21(19,20)18(3)15-7-5-4-6-8-15/h9-11,15,17H,4-8,12H2,1-3H3. The Morgan fingerprint density at radius 3 is 2.52 bits per heavy atom. The van der Waals surface area contributed by atoms with E-state index in [2.05, 4.69) is 5.32 Å². The zero-order valence-corrected chi connectivity index (χ0v) is 14.0. The topological polar surface area (TPSA) is 49.4 Å². The third-order valence-corrected chi connectivity index (χ3v) is 6.43. The van der Waals surface area contributed by atoms with Crippen LogP contribution < -0.4 is 5.32 Å². The molecule has 1 saturated carbocycles. The molecule has 118 valence electrons. The maximum absolute atomic E-state index is 12.9. The Balaban J connectivity index is 2.31. The van der Waals surface area contributed by atoms with E-state index in [0.717, 1.165) is 36.8 Å². The highest BCUT2D eigenvalue weighted by molar-refractivity contribution is 7.89. The quantitative estimate of drug-likeness (QED) is 0.909. The van der Waals surface area contributed by atoms with Crippen LogP contribution in [0.2, 0.25) is 0 Å². The van der Waals surface area contributed by atoms with Crippen molar-refractivity contribution in [3.05, 3.63) is 29.3 Å². The lowest BCUT2D eigenvalue weighted by atomic mass is 9.96. The molecule has 0 saturated heterocycles. The molecule has 1 aromatic rings. The van der Waals surface area contributed by atoms with Gasteiger partial charge in [-0.05, 0) is 44.0 Å². The predicted octanol–water partition coefficient (Wildman–Crippen LogP) is 2.67. The zero-order chi connectivity index (χ0) is 15.5. The summed E-state index contributed by atoms with van der Waals surface area (Å²) in [5.74, 6) is 0. The molecule has 0 spiro atoms. The smallest absolute Gasteiger partial charge is 0.243 e. The van der Waals surface area contributed by atoms with Gasteiger partial charge in [0, 0.05) is 19.6 Å². The van der Waals surface area contributed by atoms with Crippen LogP contribution in [-0.4, -0.2) is 32.9 Å². The molecule has 4 nitrogen and oxygen atoms in total. The summed E-state index contributed by atoms with van der Waals surface area (Å²) in [5, 5.41) is 3.07. The minimum Gasteiger partial charge on any atom is -0.316 e. The number of benzene rings is 1. The maximum atomic E-state index is 12.9. The van der Waals surface area contributed by atoms with Crippen molar-refractivity contribution < 1.29 is 8.42 Å². The molecule has 0 amide bonds. The van der Waals surface area contributed by atoms with Crippen LogP contribution in [0.4, 0.5) is 0 Å². The Hall–Kier alpha value is -0.910. The Labute approximate surface area is 128 Å². The molecule has 2 rings (SSSR count). The molecule has 21 heavy (non-hydrogen) atoms. The molecule has 0 unspecified atom stereocenters. The maximum Gasteiger partial charge on any atom is 0.243 e. The van der Waals surface area contributed by atoms with E-state index in [4.69, 9.17) is 0 Å². The molecule has 1 N–H and O–H groups in total. The third kappa shape index (κ3) is 3.65. The van der Waals surface area contributed by atoms with Gasteiger partial charge in [0.25, 0.3) is 0 Å². The third-order valence-electron chi connectivity index (χ3n) is 4.38. The highest BCUT2D eigenvalue weighted by Gasteiger charge is 2.30. The molecule has 0 aliphatic heterocycles. The number of hydrogen-bond donors (Lipinski definition) is 1. The van der Waals surface area contributed by atoms with Crippen LogP contribution in [0.5, 0.6) is 0 Å². The van der Waals surface area contributed by atoms with E-state index in [-0.39, 0.29) is 6.04 Å². The Morgan fingerprint density at radius 2 is 1.90 bits per heavy atom. The second-order valence-corrected chi connectivity index (χ2v) is 7.91. The first-order chi connectivity index (χ1) is 9.96. The molecule has 0 heterocycles. The van der Waals surface area contributed by atoms with Crippen molar-refractivity contribution in [3.63, 3.8) is 0 Å². The summed E-state index contributed by atoms with van der Waals surface area (Å²) in [6, 6.07) is 5.83. The van der Waals surface area contributed by atoms with Crippen molar-refractivity contribution in [1.82, 2.24) is 9.62 Å². The summed E-state index contributed by atoms with van der Waals surface area (Å²) < 4.78 is 27.4. The van der Waals surface area contributed by atoms with Crippen LogP contribution in [0, 0.1) is 6.92 Å². The van der Waals surface area contributed by atoms with Crippen LogP contribution >= 0.6 is 0 Å². The monoisotopic (exact) mass is 310 g/mol. The molecule has 0 aromatic heterocycles. The molecule has 5 heteroatoms. The van der Waals surface area contributed by atoms with Gasteiger partial charge in [-0.15, -0.1) is 0 Å². The number of sulfonamides is 1. The van der Waals surface area contributed by atoms with Crippen LogP contribution in [-0.2, 0) is 16.6 Å². The summed E-state index contributed by atoms with van der Waals surface area (Å²) in [4.78, 5) is 0.448. The molecule has 1 aliphatic carbocycles. The lowest BCUT2D eigenvalue weighted by Gasteiger charge is -2.31. The molecular formula is C16H26N2O2S. The molecular weight excluding hydrogens is 284 g/mol. The number of nitrogens with zero attached hydrogens (tertiary/aromatic N) is 1. The van der Waals surface area contributed by atoms with Crippen LogP contribution in [0.3, 0.4) is 0 Å². The summed E-state index contributed by atoms with van der Waals surface area (Å²) in [7, 11) is 0.190. The normalized spacial score (nSPS) is 17.3. The van der Waals surface area contributed by atoms with Gasteiger partial charge in [-0.2, -0.15) is 4.31 Å². The highest BCUT2D eigenvalue weighted by atomic mass is 32.2. The lowest BCUT2D eigenvalue weighted by molar-refractivity contribution is 0.285. The highest BCUT2D eigenvalue weighted by Crippen LogP contribution is 2.28. The largest absolute Gasteiger partial charge is 0.316 e. The number of nitrogens with one attached hydrogen (secondary N) is 1. The van der Waals surface area contributed by atoms with Gasteiger partial charge in [-0.25, -0.2) is 8.42 Å². The second kappa shape index (κ2) is 6.90. The Kier molecular flexibility index (Phi) is 5.41. The van der Waals surface area contributed by atoms with E-state index in [1.54, 1.807) is 17.4 Å². The van der Waals surface area contributed by atoms with E-state index in [1.807, 2.05) is 26.1 Å². The van der Waals surface area contributed by atoms with Crippen molar-refractivity contribution in [2.24, 2.45) is 0 Å². The summed E-state index contributed by atoms with van der Waals surface area (Å²) in [6.45, 7) is 2.54. The van der Waals surface area contributed by atoms with Crippen molar-refractivity contribution in [2.75, 3.05) is 14.1 Å². The predicted molar refractivity (Wildman–Crippen MR) is 85.8 cm³/mol. The first kappa shape index (κ1) is 16.5. The van der Waals surface area contributed by atoms with Crippen molar-refractivity contribution in [3.8, 4) is 0 Å². The average Bonchev–Trinajstić information content (AvgIpc) is 2.49. The van der Waals surface area contributed by atoms with E-state index >= 15 is 0 Å². The van der Waals surface area contributed by atoms with E-state index in [0.29, 0.717) is 11.4 Å². The number of hydrogen-bond acceptors (Lipinski definition) is 3. The molecule has 1 aliphatic rings. The van der Waals surface area contributed by atoms with Gasteiger partial charge < -0.3 is 5.32 Å². The van der Waals surface area contributed by atoms with Gasteiger partial charge in [-0.3, -0.25) is 0 Å². The van der Waals surface area contributed by atoms with Crippen LogP contribution in [0.1, 0.15) is 43.2 Å². The van der Waals surface area contributed by atoms with Gasteiger partial charge in [-0.1, -0.05) is 31.4 Å². The average molecular weight is 310 g/mol. The van der Waals surface area contributed by atoms with Gasteiger partial charge >= 0.3 is 0 Å². The summed E-state index contributed by atoms with van der Waals surface area (Å²) in [5.41, 5.74) is 1.82. The fraction of sp³-hybridized carbons (Fsp3) is 0.625. The summed E-state index contributed by atoms with van der Waals surface area (Å²) >= 11 is 0. The van der Waals surface area contributed by atoms with E-state index < -0.39 is 10.0 Å². The number of aryl methyl sites for hydroxylation is 1. The van der Waals surface area contributed by atoms with E-state index in [1.165, 1.54) is 6.42 Å². The molecule has 0 atom stereocenters. The van der Waals surface area contributed by atoms with E-state index in [9.17, 15) is 8.42 Å². The van der Waals surface area contributed by atoms with Crippen LogP contribution in [0.15, 0.2) is 23.1 Å². The fourth-order valence-corrected chi connectivity index (χ4v) is 4.72. The first-order valence-electron chi connectivity index (χ1n) is 7.69. The van der Waals surface area contributed by atoms with Crippen LogP contribution in [0.25, 0.3) is 0 Å².